The molecule has 0 fully saturated rings. The first-order valence-electron chi connectivity index (χ1n) is 5.71. The van der Waals surface area contributed by atoms with Gasteiger partial charge in [0.2, 0.25) is 0 Å². The number of hydrogen-bond acceptors (Lipinski definition) is 2. The first-order valence-corrected chi connectivity index (χ1v) is 5.71. The van der Waals surface area contributed by atoms with Crippen LogP contribution in [-0.2, 0) is 0 Å². The van der Waals surface area contributed by atoms with Crippen molar-refractivity contribution in [1.82, 2.24) is 5.32 Å². The van der Waals surface area contributed by atoms with Gasteiger partial charge in [-0.15, -0.1) is 0 Å². The molecule has 1 atom stereocenters. The molecule has 14 heavy (non-hydrogen) atoms. The van der Waals surface area contributed by atoms with E-state index in [0.29, 0.717) is 6.04 Å². The molecule has 2 heteroatoms. The van der Waals surface area contributed by atoms with E-state index in [2.05, 4.69) is 39.9 Å². The molecule has 0 spiro atoms. The summed E-state index contributed by atoms with van der Waals surface area (Å²) < 4.78 is 0. The number of nitrogens with one attached hydrogen (secondary N) is 1. The molecule has 0 aromatic rings. The van der Waals surface area contributed by atoms with E-state index in [4.69, 9.17) is 5.11 Å². The zero-order chi connectivity index (χ0) is 11.2. The van der Waals surface area contributed by atoms with Crippen LogP contribution in [0.1, 0.15) is 47.5 Å². The first kappa shape index (κ1) is 13.9. The minimum Gasteiger partial charge on any atom is -0.396 e. The Labute approximate surface area is 89.1 Å². The molecule has 86 valence electrons. The van der Waals surface area contributed by atoms with Gasteiger partial charge in [0.15, 0.2) is 0 Å². The van der Waals surface area contributed by atoms with Crippen molar-refractivity contribution in [3.8, 4) is 0 Å². The fraction of sp³-hybridized carbons (Fsp3) is 1.00. The van der Waals surface area contributed by atoms with Crippen LogP contribution in [0.4, 0.5) is 0 Å². The lowest BCUT2D eigenvalue weighted by Crippen LogP contribution is -2.37. The van der Waals surface area contributed by atoms with Crippen LogP contribution >= 0.6 is 0 Å². The summed E-state index contributed by atoms with van der Waals surface area (Å²) in [5, 5.41) is 12.6. The highest BCUT2D eigenvalue weighted by Crippen LogP contribution is 2.13. The maximum atomic E-state index is 9.09. The summed E-state index contributed by atoms with van der Waals surface area (Å²) in [5.41, 5.74) is 0.00604. The lowest BCUT2D eigenvalue weighted by Gasteiger charge is -2.25. The van der Waals surface area contributed by atoms with Crippen molar-refractivity contribution < 1.29 is 5.11 Å². The van der Waals surface area contributed by atoms with Crippen LogP contribution in [-0.4, -0.2) is 24.3 Å². The normalized spacial score (nSPS) is 14.8. The maximum absolute atomic E-state index is 9.09. The zero-order valence-electron chi connectivity index (χ0n) is 10.4. The van der Waals surface area contributed by atoms with Gasteiger partial charge >= 0.3 is 0 Å². The molecule has 0 aliphatic carbocycles. The van der Waals surface area contributed by atoms with Crippen molar-refractivity contribution in [2.45, 2.75) is 53.5 Å². The van der Waals surface area contributed by atoms with E-state index in [9.17, 15) is 0 Å². The predicted molar refractivity (Wildman–Crippen MR) is 62.4 cm³/mol. The third-order valence-corrected chi connectivity index (χ3v) is 2.53. The smallest absolute Gasteiger partial charge is 0.0494 e. The van der Waals surface area contributed by atoms with E-state index >= 15 is 0 Å². The summed E-state index contributed by atoms with van der Waals surface area (Å²) in [6.45, 7) is 12.0. The van der Waals surface area contributed by atoms with E-state index < -0.39 is 0 Å². The highest BCUT2D eigenvalue weighted by atomic mass is 16.3. The van der Waals surface area contributed by atoms with Gasteiger partial charge < -0.3 is 10.4 Å². The Balaban J connectivity index is 3.58. The summed E-state index contributed by atoms with van der Waals surface area (Å²) in [4.78, 5) is 0. The fourth-order valence-electron chi connectivity index (χ4n) is 1.19. The van der Waals surface area contributed by atoms with Crippen LogP contribution < -0.4 is 5.32 Å². The molecule has 0 amide bonds. The molecule has 2 nitrogen and oxygen atoms in total. The molecule has 0 saturated heterocycles. The molecular weight excluding hydrogens is 174 g/mol. The molecule has 0 aromatic carbocycles. The molecule has 0 rings (SSSR count). The quantitative estimate of drug-likeness (QED) is 0.663. The van der Waals surface area contributed by atoms with Crippen molar-refractivity contribution in [1.29, 1.82) is 0 Å². The molecule has 0 radical (unpaired) electrons. The zero-order valence-corrected chi connectivity index (χ0v) is 10.4. The second kappa shape index (κ2) is 6.41. The molecule has 0 bridgehead atoms. The average molecular weight is 201 g/mol. The van der Waals surface area contributed by atoms with Gasteiger partial charge in [0, 0.05) is 24.6 Å². The number of aliphatic hydroxyl groups is 1. The van der Waals surface area contributed by atoms with Gasteiger partial charge in [0.05, 0.1) is 0 Å². The van der Waals surface area contributed by atoms with Crippen LogP contribution in [0.5, 0.6) is 0 Å². The van der Waals surface area contributed by atoms with Gasteiger partial charge in [0.1, 0.15) is 0 Å². The second-order valence-electron chi connectivity index (χ2n) is 5.58. The fourth-order valence-corrected chi connectivity index (χ4v) is 1.19. The van der Waals surface area contributed by atoms with Crippen molar-refractivity contribution >= 4 is 0 Å². The molecule has 1 unspecified atom stereocenters. The molecule has 0 aromatic heterocycles. The Kier molecular flexibility index (Phi) is 6.38. The number of hydrogen-bond donors (Lipinski definition) is 2. The van der Waals surface area contributed by atoms with Crippen LogP contribution in [0.2, 0.25) is 0 Å². The molecule has 0 aliphatic rings. The van der Waals surface area contributed by atoms with Gasteiger partial charge in [-0.05, 0) is 25.7 Å². The van der Waals surface area contributed by atoms with Gasteiger partial charge in [-0.2, -0.15) is 0 Å². The Hall–Kier alpha value is -0.0800. The van der Waals surface area contributed by atoms with E-state index in [-0.39, 0.29) is 12.0 Å². The average Bonchev–Trinajstić information content (AvgIpc) is 2.11. The monoisotopic (exact) mass is 201 g/mol. The van der Waals surface area contributed by atoms with Gasteiger partial charge in [-0.25, -0.2) is 0 Å². The first-order chi connectivity index (χ1) is 6.37. The minimum absolute atomic E-state index is 0.00604. The Morgan fingerprint density at radius 1 is 1.14 bits per heavy atom. The summed E-state index contributed by atoms with van der Waals surface area (Å²) in [6, 6.07) is 0.559. The number of rotatable bonds is 7. The minimum atomic E-state index is 0.00604. The van der Waals surface area contributed by atoms with E-state index in [0.717, 1.165) is 12.5 Å². The third kappa shape index (κ3) is 7.34. The highest BCUT2D eigenvalue weighted by molar-refractivity contribution is 4.72. The lowest BCUT2D eigenvalue weighted by molar-refractivity contribution is 0.153. The SMILES string of the molecule is CC(C)CCC(C)NCC(C)(C)CO. The van der Waals surface area contributed by atoms with Crippen molar-refractivity contribution in [2.24, 2.45) is 11.3 Å². The topological polar surface area (TPSA) is 32.3 Å². The summed E-state index contributed by atoms with van der Waals surface area (Å²) in [5.74, 6) is 0.783. The van der Waals surface area contributed by atoms with E-state index in [1.807, 2.05) is 0 Å². The molecular formula is C12H27NO. The number of aliphatic hydroxyl groups excluding tert-OH is 1. The van der Waals surface area contributed by atoms with Gasteiger partial charge in [-0.3, -0.25) is 0 Å². The lowest BCUT2D eigenvalue weighted by atomic mass is 9.94. The molecule has 0 heterocycles. The summed E-state index contributed by atoms with van der Waals surface area (Å²) >= 11 is 0. The van der Waals surface area contributed by atoms with Crippen LogP contribution in [0, 0.1) is 11.3 Å². The van der Waals surface area contributed by atoms with E-state index in [1.54, 1.807) is 0 Å². The highest BCUT2D eigenvalue weighted by Gasteiger charge is 2.16. The van der Waals surface area contributed by atoms with Crippen molar-refractivity contribution in [2.75, 3.05) is 13.2 Å². The maximum Gasteiger partial charge on any atom is 0.0494 e. The standard InChI is InChI=1S/C12H27NO/c1-10(2)6-7-11(3)13-8-12(4,5)9-14/h10-11,13-14H,6-9H2,1-5H3. The molecule has 0 saturated carbocycles. The molecule has 2 N–H and O–H groups in total. The second-order valence-corrected chi connectivity index (χ2v) is 5.58. The van der Waals surface area contributed by atoms with Crippen molar-refractivity contribution in [3.63, 3.8) is 0 Å². The Morgan fingerprint density at radius 2 is 1.71 bits per heavy atom. The third-order valence-electron chi connectivity index (χ3n) is 2.53. The van der Waals surface area contributed by atoms with Crippen LogP contribution in [0.3, 0.4) is 0 Å². The van der Waals surface area contributed by atoms with Gasteiger partial charge in [-0.1, -0.05) is 27.7 Å². The van der Waals surface area contributed by atoms with Crippen LogP contribution in [0.25, 0.3) is 0 Å². The van der Waals surface area contributed by atoms with E-state index in [1.165, 1.54) is 12.8 Å². The Bertz CT molecular complexity index is 143. The largest absolute Gasteiger partial charge is 0.396 e. The summed E-state index contributed by atoms with van der Waals surface area (Å²) in [6.07, 6.45) is 2.49. The predicted octanol–water partition coefficient (Wildman–Crippen LogP) is 2.42. The van der Waals surface area contributed by atoms with Crippen molar-refractivity contribution in [3.05, 3.63) is 0 Å². The molecule has 0 aliphatic heterocycles. The van der Waals surface area contributed by atoms with Crippen LogP contribution in [0.15, 0.2) is 0 Å². The Morgan fingerprint density at radius 3 is 2.14 bits per heavy atom. The summed E-state index contributed by atoms with van der Waals surface area (Å²) in [7, 11) is 0. The van der Waals surface area contributed by atoms with Gasteiger partial charge in [0.25, 0.3) is 0 Å².